The molecule has 0 aromatic rings. The monoisotopic (exact) mass is 265 g/mol. The molecule has 2 N–H and O–H groups in total. The lowest BCUT2D eigenvalue weighted by Crippen LogP contribution is -2.42. The van der Waals surface area contributed by atoms with Crippen LogP contribution in [0.2, 0.25) is 0 Å². The molecule has 0 radical (unpaired) electrons. The Morgan fingerprint density at radius 1 is 0.895 bits per heavy atom. The van der Waals surface area contributed by atoms with Gasteiger partial charge in [0, 0.05) is 6.04 Å². The zero-order valence-corrected chi connectivity index (χ0v) is 13.6. The summed E-state index contributed by atoms with van der Waals surface area (Å²) in [5, 5.41) is 0. The zero-order valence-electron chi connectivity index (χ0n) is 13.6. The third-order valence-corrected chi connectivity index (χ3v) is 6.06. The minimum atomic E-state index is 0.490. The number of hydrogen-bond acceptors (Lipinski definition) is 1. The minimum absolute atomic E-state index is 0.490. The molecule has 112 valence electrons. The van der Waals surface area contributed by atoms with Gasteiger partial charge in [-0.1, -0.05) is 40.5 Å². The lowest BCUT2D eigenvalue weighted by Gasteiger charge is -2.41. The molecular formula is C18H35N. The van der Waals surface area contributed by atoms with E-state index < -0.39 is 0 Å². The van der Waals surface area contributed by atoms with Gasteiger partial charge in [-0.15, -0.1) is 0 Å². The van der Waals surface area contributed by atoms with E-state index in [1.807, 2.05) is 0 Å². The SMILES string of the molecule is CC1CCCC(C(N)C2CCC(C(C)(C)C)CC2)C1. The van der Waals surface area contributed by atoms with Gasteiger partial charge in [-0.3, -0.25) is 0 Å². The van der Waals surface area contributed by atoms with Crippen molar-refractivity contribution in [2.24, 2.45) is 34.8 Å². The molecule has 0 saturated heterocycles. The smallest absolute Gasteiger partial charge is 0.00957 e. The first kappa shape index (κ1) is 15.4. The first-order valence-electron chi connectivity index (χ1n) is 8.63. The Balaban J connectivity index is 1.83. The quantitative estimate of drug-likeness (QED) is 0.747. The van der Waals surface area contributed by atoms with Crippen molar-refractivity contribution in [3.05, 3.63) is 0 Å². The van der Waals surface area contributed by atoms with E-state index in [1.54, 1.807) is 0 Å². The topological polar surface area (TPSA) is 26.0 Å². The summed E-state index contributed by atoms with van der Waals surface area (Å²) in [6.45, 7) is 9.62. The van der Waals surface area contributed by atoms with E-state index in [-0.39, 0.29) is 0 Å². The molecule has 1 nitrogen and oxygen atoms in total. The van der Waals surface area contributed by atoms with Crippen LogP contribution in [0, 0.1) is 29.1 Å². The second-order valence-electron chi connectivity index (χ2n) is 8.59. The minimum Gasteiger partial charge on any atom is -0.327 e. The van der Waals surface area contributed by atoms with Crippen molar-refractivity contribution in [3.8, 4) is 0 Å². The van der Waals surface area contributed by atoms with Crippen molar-refractivity contribution in [2.75, 3.05) is 0 Å². The highest BCUT2D eigenvalue weighted by molar-refractivity contribution is 4.89. The predicted molar refractivity (Wildman–Crippen MR) is 84.0 cm³/mol. The highest BCUT2D eigenvalue weighted by Gasteiger charge is 2.35. The Bertz CT molecular complexity index is 270. The summed E-state index contributed by atoms with van der Waals surface area (Å²) in [5.74, 6) is 3.46. The molecule has 2 fully saturated rings. The average molecular weight is 265 g/mol. The highest BCUT2D eigenvalue weighted by atomic mass is 14.7. The Morgan fingerprint density at radius 2 is 1.53 bits per heavy atom. The molecule has 2 aliphatic rings. The molecule has 19 heavy (non-hydrogen) atoms. The predicted octanol–water partition coefficient (Wildman–Crippen LogP) is 4.99. The van der Waals surface area contributed by atoms with Crippen LogP contribution in [0.3, 0.4) is 0 Å². The van der Waals surface area contributed by atoms with E-state index >= 15 is 0 Å². The van der Waals surface area contributed by atoms with Gasteiger partial charge in [-0.25, -0.2) is 0 Å². The van der Waals surface area contributed by atoms with Gasteiger partial charge in [0.1, 0.15) is 0 Å². The van der Waals surface area contributed by atoms with Crippen molar-refractivity contribution >= 4 is 0 Å². The van der Waals surface area contributed by atoms with Crippen LogP contribution in [-0.2, 0) is 0 Å². The molecule has 3 atom stereocenters. The van der Waals surface area contributed by atoms with Gasteiger partial charge in [-0.2, -0.15) is 0 Å². The standard InChI is InChI=1S/C18H35N/c1-13-6-5-7-15(12-13)17(19)14-8-10-16(11-9-14)18(2,3)4/h13-17H,5-12,19H2,1-4H3. The van der Waals surface area contributed by atoms with E-state index in [4.69, 9.17) is 5.73 Å². The fourth-order valence-corrected chi connectivity index (χ4v) is 4.59. The average Bonchev–Trinajstić information content (AvgIpc) is 2.37. The van der Waals surface area contributed by atoms with Crippen molar-refractivity contribution in [1.82, 2.24) is 0 Å². The molecule has 0 amide bonds. The van der Waals surface area contributed by atoms with Gasteiger partial charge >= 0.3 is 0 Å². The molecule has 0 aliphatic heterocycles. The lowest BCUT2D eigenvalue weighted by molar-refractivity contribution is 0.114. The molecule has 2 aliphatic carbocycles. The van der Waals surface area contributed by atoms with E-state index in [0.29, 0.717) is 11.5 Å². The highest BCUT2D eigenvalue weighted by Crippen LogP contribution is 2.42. The Labute approximate surface area is 120 Å². The Kier molecular flexibility index (Phi) is 4.98. The van der Waals surface area contributed by atoms with Crippen LogP contribution in [0.15, 0.2) is 0 Å². The first-order chi connectivity index (χ1) is 8.88. The third kappa shape index (κ3) is 3.97. The second kappa shape index (κ2) is 6.16. The third-order valence-electron chi connectivity index (χ3n) is 6.06. The van der Waals surface area contributed by atoms with Gasteiger partial charge in [0.05, 0.1) is 0 Å². The number of rotatable bonds is 2. The summed E-state index contributed by atoms with van der Waals surface area (Å²) in [7, 11) is 0. The molecular weight excluding hydrogens is 230 g/mol. The van der Waals surface area contributed by atoms with Crippen LogP contribution in [-0.4, -0.2) is 6.04 Å². The van der Waals surface area contributed by atoms with Gasteiger partial charge in [-0.05, 0) is 67.6 Å². The van der Waals surface area contributed by atoms with E-state index in [1.165, 1.54) is 51.4 Å². The Morgan fingerprint density at radius 3 is 2.05 bits per heavy atom. The largest absolute Gasteiger partial charge is 0.327 e. The normalized spacial score (nSPS) is 39.0. The fourth-order valence-electron chi connectivity index (χ4n) is 4.59. The second-order valence-corrected chi connectivity index (χ2v) is 8.59. The summed E-state index contributed by atoms with van der Waals surface area (Å²) in [6.07, 6.45) is 11.2. The molecule has 2 rings (SSSR count). The molecule has 1 heteroatoms. The number of nitrogens with two attached hydrogens (primary N) is 1. The maximum absolute atomic E-state index is 6.64. The van der Waals surface area contributed by atoms with Crippen LogP contribution >= 0.6 is 0 Å². The van der Waals surface area contributed by atoms with Gasteiger partial charge in [0.15, 0.2) is 0 Å². The van der Waals surface area contributed by atoms with Crippen LogP contribution in [0.4, 0.5) is 0 Å². The van der Waals surface area contributed by atoms with E-state index in [9.17, 15) is 0 Å². The first-order valence-corrected chi connectivity index (χ1v) is 8.63. The molecule has 0 spiro atoms. The van der Waals surface area contributed by atoms with Crippen LogP contribution < -0.4 is 5.73 Å². The fraction of sp³-hybridized carbons (Fsp3) is 1.00. The Hall–Kier alpha value is -0.0400. The maximum atomic E-state index is 6.64. The van der Waals surface area contributed by atoms with Gasteiger partial charge < -0.3 is 5.73 Å². The summed E-state index contributed by atoms with van der Waals surface area (Å²) in [5.41, 5.74) is 7.13. The molecule has 0 aromatic heterocycles. The lowest BCUT2D eigenvalue weighted by atomic mass is 9.66. The summed E-state index contributed by atoms with van der Waals surface area (Å²) >= 11 is 0. The van der Waals surface area contributed by atoms with Gasteiger partial charge in [0.25, 0.3) is 0 Å². The van der Waals surface area contributed by atoms with Crippen LogP contribution in [0.25, 0.3) is 0 Å². The van der Waals surface area contributed by atoms with Crippen molar-refractivity contribution < 1.29 is 0 Å². The number of hydrogen-bond donors (Lipinski definition) is 1. The molecule has 2 saturated carbocycles. The van der Waals surface area contributed by atoms with Crippen molar-refractivity contribution in [2.45, 2.75) is 85.1 Å². The van der Waals surface area contributed by atoms with Gasteiger partial charge in [0.2, 0.25) is 0 Å². The zero-order chi connectivity index (χ0) is 14.0. The molecule has 3 unspecified atom stereocenters. The van der Waals surface area contributed by atoms with E-state index in [2.05, 4.69) is 27.7 Å². The maximum Gasteiger partial charge on any atom is 0.00957 e. The van der Waals surface area contributed by atoms with Crippen molar-refractivity contribution in [3.63, 3.8) is 0 Å². The summed E-state index contributed by atoms with van der Waals surface area (Å²) in [4.78, 5) is 0. The molecule has 0 aromatic carbocycles. The summed E-state index contributed by atoms with van der Waals surface area (Å²) < 4.78 is 0. The van der Waals surface area contributed by atoms with Crippen LogP contribution in [0.5, 0.6) is 0 Å². The van der Waals surface area contributed by atoms with Crippen LogP contribution in [0.1, 0.15) is 79.1 Å². The van der Waals surface area contributed by atoms with E-state index in [0.717, 1.165) is 23.7 Å². The summed E-state index contributed by atoms with van der Waals surface area (Å²) in [6, 6.07) is 0.490. The van der Waals surface area contributed by atoms with Crippen molar-refractivity contribution in [1.29, 1.82) is 0 Å². The molecule has 0 heterocycles. The molecule has 0 bridgehead atoms.